The molecule has 0 saturated carbocycles. The molecular weight excluding hydrogens is 216 g/mol. The molecule has 0 nitrogen and oxygen atoms in total. The fourth-order valence-electron chi connectivity index (χ4n) is 2.41. The molecule has 0 aliphatic rings. The van der Waals surface area contributed by atoms with Gasteiger partial charge in [0, 0.05) is 0 Å². The summed E-state index contributed by atoms with van der Waals surface area (Å²) in [7, 11) is 0. The van der Waals surface area contributed by atoms with E-state index in [-0.39, 0.29) is 0 Å². The van der Waals surface area contributed by atoms with Gasteiger partial charge in [0.1, 0.15) is 0 Å². The quantitative estimate of drug-likeness (QED) is 0.238. The van der Waals surface area contributed by atoms with E-state index in [0.29, 0.717) is 0 Å². The average Bonchev–Trinajstić information content (AvgIpc) is 2.38. The molecule has 0 aliphatic heterocycles. The Kier molecular flexibility index (Phi) is 14.1. The van der Waals surface area contributed by atoms with E-state index in [1.165, 1.54) is 77.0 Å². The van der Waals surface area contributed by atoms with Crippen LogP contribution >= 0.6 is 0 Å². The van der Waals surface area contributed by atoms with Crippen molar-refractivity contribution in [3.8, 4) is 0 Å². The van der Waals surface area contributed by atoms with Gasteiger partial charge in [-0.25, -0.2) is 0 Å². The van der Waals surface area contributed by atoms with E-state index in [4.69, 9.17) is 0 Å². The maximum atomic E-state index is 3.76. The highest BCUT2D eigenvalue weighted by Crippen LogP contribution is 2.18. The molecule has 0 aliphatic carbocycles. The first-order chi connectivity index (χ1) is 8.81. The lowest BCUT2D eigenvalue weighted by molar-refractivity contribution is 0.434. The van der Waals surface area contributed by atoms with Gasteiger partial charge in [-0.15, -0.1) is 13.2 Å². The van der Waals surface area contributed by atoms with Crippen LogP contribution in [0.4, 0.5) is 0 Å². The van der Waals surface area contributed by atoms with Crippen LogP contribution in [-0.2, 0) is 0 Å². The molecule has 18 heavy (non-hydrogen) atoms. The van der Waals surface area contributed by atoms with Gasteiger partial charge in [0.15, 0.2) is 0 Å². The van der Waals surface area contributed by atoms with Crippen molar-refractivity contribution in [1.29, 1.82) is 0 Å². The maximum absolute atomic E-state index is 3.76. The predicted molar refractivity (Wildman–Crippen MR) is 85.0 cm³/mol. The highest BCUT2D eigenvalue weighted by molar-refractivity contribution is 4.66. The van der Waals surface area contributed by atoms with Crippen molar-refractivity contribution in [3.05, 3.63) is 25.3 Å². The smallest absolute Gasteiger partial charge is 0.0353 e. The summed E-state index contributed by atoms with van der Waals surface area (Å²) in [6.45, 7) is 9.95. The lowest BCUT2D eigenvalue weighted by atomic mass is 9.96. The van der Waals surface area contributed by atoms with Crippen molar-refractivity contribution < 1.29 is 0 Å². The molecule has 0 aromatic rings. The molecule has 0 amide bonds. The number of hydrogen-bond donors (Lipinski definition) is 0. The number of hydrogen-bond acceptors (Lipinski definition) is 0. The molecule has 0 heterocycles. The Hall–Kier alpha value is -0.520. The first kappa shape index (κ1) is 17.5. The van der Waals surface area contributed by atoms with Gasteiger partial charge in [-0.05, 0) is 31.6 Å². The van der Waals surface area contributed by atoms with E-state index in [1.807, 2.05) is 12.2 Å². The molecule has 0 rings (SSSR count). The first-order valence-corrected chi connectivity index (χ1v) is 8.03. The SMILES string of the molecule is C=CCCCCCCC(C)CCCCCCC=C. The first-order valence-electron chi connectivity index (χ1n) is 8.03. The average molecular weight is 250 g/mol. The number of rotatable bonds is 14. The highest BCUT2D eigenvalue weighted by atomic mass is 14.1. The molecule has 0 bridgehead atoms. The van der Waals surface area contributed by atoms with E-state index >= 15 is 0 Å². The van der Waals surface area contributed by atoms with E-state index in [1.54, 1.807) is 0 Å². The van der Waals surface area contributed by atoms with Crippen LogP contribution in [0.5, 0.6) is 0 Å². The van der Waals surface area contributed by atoms with Gasteiger partial charge in [0.05, 0.1) is 0 Å². The van der Waals surface area contributed by atoms with Gasteiger partial charge < -0.3 is 0 Å². The minimum Gasteiger partial charge on any atom is -0.103 e. The zero-order valence-corrected chi connectivity index (χ0v) is 12.6. The maximum Gasteiger partial charge on any atom is -0.0353 e. The summed E-state index contributed by atoms with van der Waals surface area (Å²) in [5.41, 5.74) is 0. The van der Waals surface area contributed by atoms with Crippen molar-refractivity contribution in [2.24, 2.45) is 5.92 Å². The van der Waals surface area contributed by atoms with Gasteiger partial charge in [-0.2, -0.15) is 0 Å². The van der Waals surface area contributed by atoms with Crippen LogP contribution in [0.3, 0.4) is 0 Å². The second-order valence-corrected chi connectivity index (χ2v) is 5.67. The van der Waals surface area contributed by atoms with Crippen LogP contribution in [0, 0.1) is 5.92 Å². The Morgan fingerprint density at radius 3 is 1.44 bits per heavy atom. The Morgan fingerprint density at radius 1 is 0.667 bits per heavy atom. The van der Waals surface area contributed by atoms with Crippen LogP contribution in [0.15, 0.2) is 25.3 Å². The van der Waals surface area contributed by atoms with Gasteiger partial charge in [0.2, 0.25) is 0 Å². The summed E-state index contributed by atoms with van der Waals surface area (Å²) in [4.78, 5) is 0. The molecule has 0 aromatic heterocycles. The highest BCUT2D eigenvalue weighted by Gasteiger charge is 2.01. The third-order valence-electron chi connectivity index (χ3n) is 3.71. The van der Waals surface area contributed by atoms with Crippen molar-refractivity contribution in [3.63, 3.8) is 0 Å². The van der Waals surface area contributed by atoms with Crippen molar-refractivity contribution in [2.75, 3.05) is 0 Å². The van der Waals surface area contributed by atoms with Crippen LogP contribution in [0.25, 0.3) is 0 Å². The third kappa shape index (κ3) is 13.5. The van der Waals surface area contributed by atoms with Crippen molar-refractivity contribution in [1.82, 2.24) is 0 Å². The zero-order valence-electron chi connectivity index (χ0n) is 12.6. The Balaban J connectivity index is 3.14. The van der Waals surface area contributed by atoms with Crippen LogP contribution in [-0.4, -0.2) is 0 Å². The molecule has 0 radical (unpaired) electrons. The topological polar surface area (TPSA) is 0 Å². The summed E-state index contributed by atoms with van der Waals surface area (Å²) in [6.07, 6.45) is 20.5. The minimum absolute atomic E-state index is 0.934. The van der Waals surface area contributed by atoms with Crippen molar-refractivity contribution >= 4 is 0 Å². The summed E-state index contributed by atoms with van der Waals surface area (Å²) >= 11 is 0. The predicted octanol–water partition coefficient (Wildman–Crippen LogP) is 6.68. The number of allylic oxidation sites excluding steroid dienone is 2. The largest absolute Gasteiger partial charge is 0.103 e. The normalized spacial score (nSPS) is 10.8. The monoisotopic (exact) mass is 250 g/mol. The van der Waals surface area contributed by atoms with E-state index in [2.05, 4.69) is 20.1 Å². The lowest BCUT2D eigenvalue weighted by Crippen LogP contribution is -1.95. The second kappa shape index (κ2) is 14.5. The van der Waals surface area contributed by atoms with E-state index in [0.717, 1.165) is 5.92 Å². The molecule has 0 N–H and O–H groups in total. The Bertz CT molecular complexity index is 160. The summed E-state index contributed by atoms with van der Waals surface area (Å²) in [5, 5.41) is 0. The molecule has 0 saturated heterocycles. The molecule has 0 aromatic carbocycles. The van der Waals surface area contributed by atoms with Gasteiger partial charge >= 0.3 is 0 Å². The van der Waals surface area contributed by atoms with Crippen LogP contribution in [0.2, 0.25) is 0 Å². The fraction of sp³-hybridized carbons (Fsp3) is 0.778. The summed E-state index contributed by atoms with van der Waals surface area (Å²) < 4.78 is 0. The molecule has 0 atom stereocenters. The fourth-order valence-corrected chi connectivity index (χ4v) is 2.41. The van der Waals surface area contributed by atoms with Crippen LogP contribution in [0.1, 0.15) is 84.0 Å². The van der Waals surface area contributed by atoms with E-state index in [9.17, 15) is 0 Å². The third-order valence-corrected chi connectivity index (χ3v) is 3.71. The molecule has 106 valence electrons. The minimum atomic E-state index is 0.934. The summed E-state index contributed by atoms with van der Waals surface area (Å²) in [6, 6.07) is 0. The Morgan fingerprint density at radius 2 is 1.06 bits per heavy atom. The zero-order chi connectivity index (χ0) is 13.5. The molecule has 0 fully saturated rings. The lowest BCUT2D eigenvalue weighted by Gasteiger charge is -2.10. The Labute approximate surface area is 116 Å². The van der Waals surface area contributed by atoms with Crippen LogP contribution < -0.4 is 0 Å². The second-order valence-electron chi connectivity index (χ2n) is 5.67. The molecular formula is C18H34. The number of unbranched alkanes of at least 4 members (excludes halogenated alkanes) is 8. The molecule has 0 heteroatoms. The van der Waals surface area contributed by atoms with Gasteiger partial charge in [0.25, 0.3) is 0 Å². The molecule has 0 spiro atoms. The van der Waals surface area contributed by atoms with Gasteiger partial charge in [-0.1, -0.05) is 70.4 Å². The standard InChI is InChI=1S/C18H34/c1-4-6-8-10-12-14-16-18(3)17-15-13-11-9-7-5-2/h4-5,18H,1-2,6-17H2,3H3. The van der Waals surface area contributed by atoms with Gasteiger partial charge in [-0.3, -0.25) is 0 Å². The van der Waals surface area contributed by atoms with E-state index < -0.39 is 0 Å². The summed E-state index contributed by atoms with van der Waals surface area (Å²) in [5.74, 6) is 0.934. The van der Waals surface area contributed by atoms with Crippen molar-refractivity contribution in [2.45, 2.75) is 84.0 Å². The molecule has 0 unspecified atom stereocenters.